The number of halogens is 2. The summed E-state index contributed by atoms with van der Waals surface area (Å²) in [5.41, 5.74) is 0. The van der Waals surface area contributed by atoms with Gasteiger partial charge in [0.1, 0.15) is 0 Å². The molecule has 0 unspecified atom stereocenters. The molecule has 1 saturated heterocycles. The van der Waals surface area contributed by atoms with Gasteiger partial charge < -0.3 is 4.90 Å². The van der Waals surface area contributed by atoms with Crippen LogP contribution in [-0.2, 0) is 10.0 Å². The van der Waals surface area contributed by atoms with Gasteiger partial charge in [0.2, 0.25) is 10.0 Å². The normalized spacial score (nSPS) is 18.3. The highest BCUT2D eigenvalue weighted by molar-refractivity contribution is 9.11. The second kappa shape index (κ2) is 7.30. The molecule has 22 heavy (non-hydrogen) atoms. The first-order chi connectivity index (χ1) is 10.2. The van der Waals surface area contributed by atoms with Crippen LogP contribution < -0.4 is 0 Å². The number of nitrogens with zero attached hydrogens (tertiary/aromatic N) is 2. The molecule has 7 heteroatoms. The molecule has 4 nitrogen and oxygen atoms in total. The molecule has 0 amide bonds. The molecule has 0 aromatic heterocycles. The molecule has 2 rings (SSSR count). The molecule has 0 N–H and O–H groups in total. The second-order valence-corrected chi connectivity index (χ2v) is 9.69. The van der Waals surface area contributed by atoms with E-state index in [-0.39, 0.29) is 6.04 Å². The van der Waals surface area contributed by atoms with Gasteiger partial charge in [0.15, 0.2) is 0 Å². The highest BCUT2D eigenvalue weighted by atomic mass is 79.9. The Labute approximate surface area is 150 Å². The van der Waals surface area contributed by atoms with Crippen LogP contribution in [0.25, 0.3) is 0 Å². The maximum atomic E-state index is 12.8. The van der Waals surface area contributed by atoms with Crippen molar-refractivity contribution < 1.29 is 8.42 Å². The highest BCUT2D eigenvalue weighted by Crippen LogP contribution is 2.30. The smallest absolute Gasteiger partial charge is 0.244 e. The van der Waals surface area contributed by atoms with Crippen molar-refractivity contribution in [2.75, 3.05) is 20.1 Å². The third-order valence-electron chi connectivity index (χ3n) is 4.29. The maximum absolute atomic E-state index is 12.8. The van der Waals surface area contributed by atoms with Crippen LogP contribution in [0.3, 0.4) is 0 Å². The van der Waals surface area contributed by atoms with Gasteiger partial charge in [-0.05, 0) is 73.9 Å². The minimum absolute atomic E-state index is 0.0653. The molecular weight excluding hydrogens is 432 g/mol. The van der Waals surface area contributed by atoms with Crippen LogP contribution in [0.1, 0.15) is 26.7 Å². The number of hydrogen-bond acceptors (Lipinski definition) is 3. The average Bonchev–Trinajstić information content (AvgIpc) is 2.46. The van der Waals surface area contributed by atoms with Crippen molar-refractivity contribution >= 4 is 41.9 Å². The fourth-order valence-corrected chi connectivity index (χ4v) is 5.92. The van der Waals surface area contributed by atoms with Crippen LogP contribution >= 0.6 is 31.9 Å². The molecule has 1 fully saturated rings. The molecule has 1 aromatic rings. The van der Waals surface area contributed by atoms with Gasteiger partial charge in [-0.15, -0.1) is 0 Å². The number of benzene rings is 1. The van der Waals surface area contributed by atoms with Crippen LogP contribution in [0.4, 0.5) is 0 Å². The first-order valence-electron chi connectivity index (χ1n) is 7.40. The van der Waals surface area contributed by atoms with E-state index in [1.54, 1.807) is 29.6 Å². The largest absolute Gasteiger partial charge is 0.301 e. The van der Waals surface area contributed by atoms with Gasteiger partial charge >= 0.3 is 0 Å². The quantitative estimate of drug-likeness (QED) is 0.697. The highest BCUT2D eigenvalue weighted by Gasteiger charge is 2.32. The zero-order chi connectivity index (χ0) is 16.5. The molecule has 124 valence electrons. The Morgan fingerprint density at radius 1 is 1.23 bits per heavy atom. The molecule has 1 aliphatic rings. The maximum Gasteiger partial charge on any atom is 0.244 e. The Hall–Kier alpha value is 0.0500. The lowest BCUT2D eigenvalue weighted by molar-refractivity contribution is 0.140. The van der Waals surface area contributed by atoms with Gasteiger partial charge in [-0.2, -0.15) is 4.31 Å². The first kappa shape index (κ1) is 18.4. The fourth-order valence-electron chi connectivity index (χ4n) is 2.80. The number of sulfonamides is 1. The Balaban J connectivity index is 2.16. The van der Waals surface area contributed by atoms with E-state index in [2.05, 4.69) is 50.6 Å². The van der Waals surface area contributed by atoms with Gasteiger partial charge in [0.05, 0.1) is 4.90 Å². The summed E-state index contributed by atoms with van der Waals surface area (Å²) in [7, 11) is -1.78. The van der Waals surface area contributed by atoms with Crippen molar-refractivity contribution in [1.29, 1.82) is 0 Å². The number of piperidine rings is 1. The van der Waals surface area contributed by atoms with E-state index in [1.807, 2.05) is 0 Å². The lowest BCUT2D eigenvalue weighted by atomic mass is 10.0. The molecule has 1 aromatic carbocycles. The average molecular weight is 454 g/mol. The monoisotopic (exact) mass is 452 g/mol. The minimum Gasteiger partial charge on any atom is -0.301 e. The molecule has 0 spiro atoms. The zero-order valence-electron chi connectivity index (χ0n) is 13.1. The van der Waals surface area contributed by atoms with Crippen molar-refractivity contribution in [3.8, 4) is 0 Å². The summed E-state index contributed by atoms with van der Waals surface area (Å²) in [5.74, 6) is 0. The van der Waals surface area contributed by atoms with Crippen LogP contribution in [0.2, 0.25) is 0 Å². The number of rotatable bonds is 4. The van der Waals surface area contributed by atoms with Gasteiger partial charge in [0.25, 0.3) is 0 Å². The van der Waals surface area contributed by atoms with Gasteiger partial charge in [-0.25, -0.2) is 8.42 Å². The predicted octanol–water partition coefficient (Wildman–Crippen LogP) is 3.70. The zero-order valence-corrected chi connectivity index (χ0v) is 17.1. The van der Waals surface area contributed by atoms with Crippen LogP contribution in [-0.4, -0.2) is 49.8 Å². The molecule has 0 radical (unpaired) electrons. The third-order valence-corrected chi connectivity index (χ3v) is 7.67. The van der Waals surface area contributed by atoms with Gasteiger partial charge in [-0.3, -0.25) is 0 Å². The Morgan fingerprint density at radius 3 is 2.32 bits per heavy atom. The molecule has 0 atom stereocenters. The second-order valence-electron chi connectivity index (χ2n) is 5.96. The van der Waals surface area contributed by atoms with Crippen molar-refractivity contribution in [3.05, 3.63) is 27.1 Å². The van der Waals surface area contributed by atoms with Crippen molar-refractivity contribution in [1.82, 2.24) is 9.21 Å². The third kappa shape index (κ3) is 3.93. The van der Waals surface area contributed by atoms with Gasteiger partial charge in [0, 0.05) is 28.1 Å². The summed E-state index contributed by atoms with van der Waals surface area (Å²) in [6, 6.07) is 5.75. The fraction of sp³-hybridized carbons (Fsp3) is 0.600. The van der Waals surface area contributed by atoms with E-state index in [0.29, 0.717) is 15.4 Å². The summed E-state index contributed by atoms with van der Waals surface area (Å²) >= 11 is 6.71. The summed E-state index contributed by atoms with van der Waals surface area (Å²) in [6.07, 6.45) is 1.75. The standard InChI is InChI=1S/C15H22Br2N2O2S/c1-11(2)19-8-6-13(7-9-19)18(3)22(20,21)15-5-4-12(16)10-14(15)17/h4-5,10-11,13H,6-9H2,1-3H3. The molecule has 0 aliphatic carbocycles. The Morgan fingerprint density at radius 2 is 1.82 bits per heavy atom. The van der Waals surface area contributed by atoms with E-state index in [0.717, 1.165) is 30.4 Å². The molecule has 1 aliphatic heterocycles. The molecular formula is C15H22Br2N2O2S. The Bertz CT molecular complexity index is 626. The van der Waals surface area contributed by atoms with Crippen molar-refractivity contribution in [2.45, 2.75) is 43.7 Å². The molecule has 0 saturated carbocycles. The number of likely N-dealkylation sites (tertiary alicyclic amines) is 1. The van der Waals surface area contributed by atoms with E-state index in [4.69, 9.17) is 0 Å². The van der Waals surface area contributed by atoms with E-state index in [1.165, 1.54) is 0 Å². The summed E-state index contributed by atoms with van der Waals surface area (Å²) in [4.78, 5) is 2.72. The van der Waals surface area contributed by atoms with Crippen molar-refractivity contribution in [3.63, 3.8) is 0 Å². The topological polar surface area (TPSA) is 40.6 Å². The minimum atomic E-state index is -3.48. The lowest BCUT2D eigenvalue weighted by Crippen LogP contribution is -2.47. The van der Waals surface area contributed by atoms with Crippen molar-refractivity contribution in [2.24, 2.45) is 0 Å². The summed E-state index contributed by atoms with van der Waals surface area (Å²) in [5, 5.41) is 0. The Kier molecular flexibility index (Phi) is 6.10. The molecule has 0 bridgehead atoms. The van der Waals surface area contributed by atoms with E-state index >= 15 is 0 Å². The summed E-state index contributed by atoms with van der Waals surface area (Å²) < 4.78 is 28.7. The van der Waals surface area contributed by atoms with Crippen LogP contribution in [0.15, 0.2) is 32.0 Å². The van der Waals surface area contributed by atoms with E-state index < -0.39 is 10.0 Å². The first-order valence-corrected chi connectivity index (χ1v) is 10.4. The summed E-state index contributed by atoms with van der Waals surface area (Å²) in [6.45, 7) is 6.26. The molecule has 1 heterocycles. The van der Waals surface area contributed by atoms with Gasteiger partial charge in [-0.1, -0.05) is 15.9 Å². The number of hydrogen-bond donors (Lipinski definition) is 0. The lowest BCUT2D eigenvalue weighted by Gasteiger charge is -2.38. The van der Waals surface area contributed by atoms with Crippen LogP contribution in [0, 0.1) is 0 Å². The van der Waals surface area contributed by atoms with Crippen LogP contribution in [0.5, 0.6) is 0 Å². The predicted molar refractivity (Wildman–Crippen MR) is 96.5 cm³/mol. The van der Waals surface area contributed by atoms with E-state index in [9.17, 15) is 8.42 Å². The SMILES string of the molecule is CC(C)N1CCC(N(C)S(=O)(=O)c2ccc(Br)cc2Br)CC1.